The first-order valence-corrected chi connectivity index (χ1v) is 9.96. The molecule has 1 fully saturated rings. The molecular weight excluding hydrogens is 465 g/mol. The SMILES string of the molecule is CCC(=O)N1CCC(NC(=NC)NCc2ccccc2CN(C)C(C)C)C1.I. The van der Waals surface area contributed by atoms with E-state index in [1.54, 1.807) is 7.05 Å². The van der Waals surface area contributed by atoms with Gasteiger partial charge in [0.15, 0.2) is 5.96 Å². The van der Waals surface area contributed by atoms with Gasteiger partial charge in [0.25, 0.3) is 0 Å². The van der Waals surface area contributed by atoms with Gasteiger partial charge in [-0.25, -0.2) is 0 Å². The molecule has 0 aromatic heterocycles. The highest BCUT2D eigenvalue weighted by Crippen LogP contribution is 2.13. The molecule has 0 spiro atoms. The smallest absolute Gasteiger partial charge is 0.222 e. The maximum absolute atomic E-state index is 11.8. The van der Waals surface area contributed by atoms with Crippen molar-refractivity contribution in [1.29, 1.82) is 0 Å². The maximum Gasteiger partial charge on any atom is 0.222 e. The lowest BCUT2D eigenvalue weighted by Gasteiger charge is -2.23. The Kier molecular flexibility index (Phi) is 10.8. The van der Waals surface area contributed by atoms with Gasteiger partial charge in [-0.15, -0.1) is 24.0 Å². The molecule has 1 amide bonds. The summed E-state index contributed by atoms with van der Waals surface area (Å²) in [5, 5.41) is 6.89. The van der Waals surface area contributed by atoms with Crippen LogP contribution < -0.4 is 10.6 Å². The average molecular weight is 501 g/mol. The van der Waals surface area contributed by atoms with Crippen LogP contribution in [0.5, 0.6) is 0 Å². The topological polar surface area (TPSA) is 60.0 Å². The maximum atomic E-state index is 11.8. The molecule has 0 aliphatic carbocycles. The van der Waals surface area contributed by atoms with E-state index in [1.165, 1.54) is 11.1 Å². The fourth-order valence-corrected chi connectivity index (χ4v) is 3.23. The van der Waals surface area contributed by atoms with Crippen LogP contribution in [0.25, 0.3) is 0 Å². The molecular formula is C21H36IN5O. The van der Waals surface area contributed by atoms with Gasteiger partial charge in [-0.2, -0.15) is 0 Å². The van der Waals surface area contributed by atoms with Gasteiger partial charge in [-0.3, -0.25) is 14.7 Å². The van der Waals surface area contributed by atoms with E-state index in [9.17, 15) is 4.79 Å². The Morgan fingerprint density at radius 1 is 1.32 bits per heavy atom. The molecule has 1 saturated heterocycles. The van der Waals surface area contributed by atoms with Gasteiger partial charge in [-0.1, -0.05) is 31.2 Å². The van der Waals surface area contributed by atoms with Crippen molar-refractivity contribution in [3.05, 3.63) is 35.4 Å². The van der Waals surface area contributed by atoms with Crippen LogP contribution in [-0.4, -0.2) is 60.9 Å². The molecule has 2 rings (SSSR count). The van der Waals surface area contributed by atoms with Crippen molar-refractivity contribution in [3.8, 4) is 0 Å². The number of amides is 1. The molecule has 1 unspecified atom stereocenters. The molecule has 1 aromatic rings. The number of benzene rings is 1. The van der Waals surface area contributed by atoms with Crippen LogP contribution >= 0.6 is 24.0 Å². The number of nitrogens with one attached hydrogen (secondary N) is 2. The van der Waals surface area contributed by atoms with Crippen molar-refractivity contribution >= 4 is 35.8 Å². The van der Waals surface area contributed by atoms with Gasteiger partial charge < -0.3 is 15.5 Å². The third kappa shape index (κ3) is 7.24. The summed E-state index contributed by atoms with van der Waals surface area (Å²) in [4.78, 5) is 20.5. The van der Waals surface area contributed by atoms with Crippen molar-refractivity contribution in [2.75, 3.05) is 27.2 Å². The van der Waals surface area contributed by atoms with Crippen molar-refractivity contribution in [2.24, 2.45) is 4.99 Å². The summed E-state index contributed by atoms with van der Waals surface area (Å²) in [6, 6.07) is 9.30. The normalized spacial score (nSPS) is 17.0. The van der Waals surface area contributed by atoms with E-state index in [-0.39, 0.29) is 35.9 Å². The molecule has 1 heterocycles. The van der Waals surface area contributed by atoms with Gasteiger partial charge in [-0.05, 0) is 38.4 Å². The van der Waals surface area contributed by atoms with E-state index < -0.39 is 0 Å². The van der Waals surface area contributed by atoms with Gasteiger partial charge in [0, 0.05) is 51.7 Å². The first kappa shape index (κ1) is 24.7. The largest absolute Gasteiger partial charge is 0.352 e. The summed E-state index contributed by atoms with van der Waals surface area (Å²) < 4.78 is 0. The predicted octanol–water partition coefficient (Wildman–Crippen LogP) is 2.82. The molecule has 28 heavy (non-hydrogen) atoms. The molecule has 1 atom stereocenters. The summed E-state index contributed by atoms with van der Waals surface area (Å²) in [6.07, 6.45) is 1.53. The Hall–Kier alpha value is -1.35. The second-order valence-electron chi connectivity index (χ2n) is 7.53. The van der Waals surface area contributed by atoms with Gasteiger partial charge >= 0.3 is 0 Å². The minimum Gasteiger partial charge on any atom is -0.352 e. The number of rotatable bonds is 7. The molecule has 0 radical (unpaired) electrons. The zero-order valence-corrected chi connectivity index (χ0v) is 20.2. The minimum atomic E-state index is 0. The van der Waals surface area contributed by atoms with E-state index >= 15 is 0 Å². The lowest BCUT2D eigenvalue weighted by Crippen LogP contribution is -2.44. The Balaban J connectivity index is 0.00000392. The molecule has 158 valence electrons. The summed E-state index contributed by atoms with van der Waals surface area (Å²) >= 11 is 0. The molecule has 0 bridgehead atoms. The standard InChI is InChI=1S/C21H35N5O.HI/c1-6-20(27)26-12-11-19(15-26)24-21(22-4)23-13-17-9-7-8-10-18(17)14-25(5)16(2)3;/h7-10,16,19H,6,11-15H2,1-5H3,(H2,22,23,24);1H. The van der Waals surface area contributed by atoms with Gasteiger partial charge in [0.1, 0.15) is 0 Å². The Bertz CT molecular complexity index is 649. The molecule has 0 saturated carbocycles. The van der Waals surface area contributed by atoms with Crippen molar-refractivity contribution in [3.63, 3.8) is 0 Å². The number of hydrogen-bond donors (Lipinski definition) is 2. The van der Waals surface area contributed by atoms with Gasteiger partial charge in [0.05, 0.1) is 0 Å². The minimum absolute atomic E-state index is 0. The first-order chi connectivity index (χ1) is 12.9. The molecule has 7 heteroatoms. The van der Waals surface area contributed by atoms with Crippen LogP contribution in [0, 0.1) is 0 Å². The Morgan fingerprint density at radius 2 is 2.00 bits per heavy atom. The average Bonchev–Trinajstić information content (AvgIpc) is 3.13. The number of halogens is 1. The van der Waals surface area contributed by atoms with Crippen LogP contribution in [0.15, 0.2) is 29.3 Å². The fraction of sp³-hybridized carbons (Fsp3) is 0.619. The third-order valence-electron chi connectivity index (χ3n) is 5.27. The second kappa shape index (κ2) is 12.3. The molecule has 1 aliphatic rings. The summed E-state index contributed by atoms with van der Waals surface area (Å²) in [5.74, 6) is 1.02. The van der Waals surface area contributed by atoms with Crippen LogP contribution in [0.1, 0.15) is 44.7 Å². The quantitative estimate of drug-likeness (QED) is 0.343. The zero-order chi connectivity index (χ0) is 19.8. The summed E-state index contributed by atoms with van der Waals surface area (Å²) in [7, 11) is 3.94. The number of guanidine groups is 1. The van der Waals surface area contributed by atoms with Crippen LogP contribution in [-0.2, 0) is 17.9 Å². The lowest BCUT2D eigenvalue weighted by atomic mass is 10.1. The van der Waals surface area contributed by atoms with Crippen LogP contribution in [0.2, 0.25) is 0 Å². The van der Waals surface area contributed by atoms with E-state index in [0.717, 1.165) is 38.6 Å². The number of aliphatic imine (C=N–C) groups is 1. The molecule has 2 N–H and O–H groups in total. The molecule has 6 nitrogen and oxygen atoms in total. The van der Waals surface area contributed by atoms with E-state index in [0.29, 0.717) is 12.5 Å². The van der Waals surface area contributed by atoms with Crippen molar-refractivity contribution in [2.45, 2.75) is 58.8 Å². The highest BCUT2D eigenvalue weighted by atomic mass is 127. The van der Waals surface area contributed by atoms with E-state index in [1.807, 2.05) is 11.8 Å². The fourth-order valence-electron chi connectivity index (χ4n) is 3.23. The van der Waals surface area contributed by atoms with E-state index in [4.69, 9.17) is 0 Å². The first-order valence-electron chi connectivity index (χ1n) is 9.96. The number of likely N-dealkylation sites (tertiary alicyclic amines) is 1. The number of hydrogen-bond acceptors (Lipinski definition) is 3. The van der Waals surface area contributed by atoms with Crippen LogP contribution in [0.4, 0.5) is 0 Å². The zero-order valence-electron chi connectivity index (χ0n) is 17.9. The number of carbonyl (C=O) groups excluding carboxylic acids is 1. The van der Waals surface area contributed by atoms with Crippen LogP contribution in [0.3, 0.4) is 0 Å². The molecule has 1 aromatic carbocycles. The monoisotopic (exact) mass is 501 g/mol. The number of carbonyl (C=O) groups is 1. The predicted molar refractivity (Wildman–Crippen MR) is 127 cm³/mol. The Morgan fingerprint density at radius 3 is 2.61 bits per heavy atom. The third-order valence-corrected chi connectivity index (χ3v) is 5.27. The lowest BCUT2D eigenvalue weighted by molar-refractivity contribution is -0.129. The molecule has 1 aliphatic heterocycles. The number of nitrogens with zero attached hydrogens (tertiary/aromatic N) is 3. The van der Waals surface area contributed by atoms with E-state index in [2.05, 4.69) is 65.7 Å². The van der Waals surface area contributed by atoms with Crippen molar-refractivity contribution in [1.82, 2.24) is 20.4 Å². The van der Waals surface area contributed by atoms with Gasteiger partial charge in [0.2, 0.25) is 5.91 Å². The highest BCUT2D eigenvalue weighted by molar-refractivity contribution is 14.0. The second-order valence-corrected chi connectivity index (χ2v) is 7.53. The summed E-state index contributed by atoms with van der Waals surface area (Å²) in [6.45, 7) is 9.57. The highest BCUT2D eigenvalue weighted by Gasteiger charge is 2.25. The Labute approximate surface area is 187 Å². The van der Waals surface area contributed by atoms with Crippen molar-refractivity contribution < 1.29 is 4.79 Å². The summed E-state index contributed by atoms with van der Waals surface area (Å²) in [5.41, 5.74) is 2.61.